The van der Waals surface area contributed by atoms with Gasteiger partial charge in [0.25, 0.3) is 0 Å². The van der Waals surface area contributed by atoms with E-state index < -0.39 is 0 Å². The number of fused-ring (bicyclic) bond motifs is 1. The van der Waals surface area contributed by atoms with Crippen LogP contribution < -0.4 is 10.1 Å². The highest BCUT2D eigenvalue weighted by Crippen LogP contribution is 2.36. The Morgan fingerprint density at radius 2 is 2.12 bits per heavy atom. The van der Waals surface area contributed by atoms with E-state index in [1.165, 1.54) is 19.3 Å². The van der Waals surface area contributed by atoms with Crippen molar-refractivity contribution < 1.29 is 9.53 Å². The number of nitrogens with one attached hydrogen (secondary N) is 1. The number of carbonyl (C=O) groups excluding carboxylic acids is 1. The molecule has 1 aliphatic carbocycles. The van der Waals surface area contributed by atoms with Gasteiger partial charge in [-0.25, -0.2) is 0 Å². The van der Waals surface area contributed by atoms with E-state index in [4.69, 9.17) is 4.74 Å². The van der Waals surface area contributed by atoms with Crippen LogP contribution >= 0.6 is 0 Å². The van der Waals surface area contributed by atoms with Gasteiger partial charge in [-0.2, -0.15) is 0 Å². The number of rotatable bonds is 5. The van der Waals surface area contributed by atoms with Gasteiger partial charge in [0, 0.05) is 19.4 Å². The number of hydrogen-bond acceptors (Lipinski definition) is 4. The fourth-order valence-electron chi connectivity index (χ4n) is 3.65. The lowest BCUT2D eigenvalue weighted by atomic mass is 9.85. The minimum atomic E-state index is 0.0508. The van der Waals surface area contributed by atoms with Crippen LogP contribution in [0.5, 0.6) is 5.75 Å². The van der Waals surface area contributed by atoms with E-state index in [1.807, 2.05) is 29.8 Å². The first kappa shape index (κ1) is 16.1. The van der Waals surface area contributed by atoms with Gasteiger partial charge in [0.15, 0.2) is 5.82 Å². The highest BCUT2D eigenvalue weighted by molar-refractivity contribution is 5.77. The summed E-state index contributed by atoms with van der Waals surface area (Å²) in [6, 6.07) is 8.00. The van der Waals surface area contributed by atoms with Gasteiger partial charge in [0.05, 0.1) is 13.2 Å². The molecule has 0 radical (unpaired) electrons. The zero-order valence-electron chi connectivity index (χ0n) is 14.6. The van der Waals surface area contributed by atoms with E-state index in [2.05, 4.69) is 21.6 Å². The first-order chi connectivity index (χ1) is 12.2. The lowest BCUT2D eigenvalue weighted by Crippen LogP contribution is -2.27. The minimum Gasteiger partial charge on any atom is -0.493 e. The molecule has 6 nitrogen and oxygen atoms in total. The number of aromatic nitrogens is 3. The van der Waals surface area contributed by atoms with Crippen molar-refractivity contribution in [2.75, 3.05) is 6.61 Å². The molecule has 1 amide bonds. The molecule has 1 fully saturated rings. The zero-order valence-corrected chi connectivity index (χ0v) is 14.6. The molecule has 6 heteroatoms. The standard InChI is InChI=1S/C19H24N4O2/c1-23-17(21-22-19(23)13-5-4-6-13)12-20-18(24)11-14-9-10-25-16-8-3-2-7-15(14)16/h2-3,7-8,13-14H,4-6,9-12H2,1H3,(H,20,24)/t14-/m0/s1. The third-order valence-electron chi connectivity index (χ3n) is 5.43. The van der Waals surface area contributed by atoms with Crippen LogP contribution in [0.15, 0.2) is 24.3 Å². The van der Waals surface area contributed by atoms with Crippen molar-refractivity contribution in [3.63, 3.8) is 0 Å². The van der Waals surface area contributed by atoms with E-state index in [9.17, 15) is 4.79 Å². The molecule has 4 rings (SSSR count). The van der Waals surface area contributed by atoms with Gasteiger partial charge in [-0.1, -0.05) is 24.6 Å². The summed E-state index contributed by atoms with van der Waals surface area (Å²) in [5.41, 5.74) is 1.13. The minimum absolute atomic E-state index is 0.0508. The summed E-state index contributed by atoms with van der Waals surface area (Å²) in [7, 11) is 1.99. The van der Waals surface area contributed by atoms with Crippen LogP contribution in [0.3, 0.4) is 0 Å². The van der Waals surface area contributed by atoms with Crippen LogP contribution in [0.1, 0.15) is 61.2 Å². The Hall–Kier alpha value is -2.37. The molecule has 1 aliphatic heterocycles. The van der Waals surface area contributed by atoms with Crippen LogP contribution in [0.25, 0.3) is 0 Å². The molecule has 1 aromatic heterocycles. The Labute approximate surface area is 147 Å². The van der Waals surface area contributed by atoms with Gasteiger partial charge < -0.3 is 14.6 Å². The van der Waals surface area contributed by atoms with Crippen LogP contribution in [0.4, 0.5) is 0 Å². The molecular weight excluding hydrogens is 316 g/mol. The van der Waals surface area contributed by atoms with E-state index in [0.717, 1.165) is 29.4 Å². The summed E-state index contributed by atoms with van der Waals surface area (Å²) in [6.07, 6.45) is 5.02. The Morgan fingerprint density at radius 3 is 2.92 bits per heavy atom. The molecule has 2 aliphatic rings. The SMILES string of the molecule is Cn1c(CNC(=O)C[C@@H]2CCOc3ccccc32)nnc1C1CCC1. The quantitative estimate of drug-likeness (QED) is 0.908. The number of nitrogens with zero attached hydrogens (tertiary/aromatic N) is 3. The predicted molar refractivity (Wildman–Crippen MR) is 93.4 cm³/mol. The number of ether oxygens (including phenoxy) is 1. The average molecular weight is 340 g/mol. The normalized spacial score (nSPS) is 19.6. The second-order valence-corrected chi connectivity index (χ2v) is 7.01. The van der Waals surface area contributed by atoms with Crippen molar-refractivity contribution in [3.8, 4) is 5.75 Å². The molecule has 0 saturated heterocycles. The van der Waals surface area contributed by atoms with Gasteiger partial charge in [0.2, 0.25) is 5.91 Å². The van der Waals surface area contributed by atoms with Crippen LogP contribution in [-0.4, -0.2) is 27.3 Å². The van der Waals surface area contributed by atoms with Gasteiger partial charge in [-0.3, -0.25) is 4.79 Å². The van der Waals surface area contributed by atoms with Gasteiger partial charge >= 0.3 is 0 Å². The van der Waals surface area contributed by atoms with E-state index >= 15 is 0 Å². The van der Waals surface area contributed by atoms with E-state index in [0.29, 0.717) is 25.5 Å². The molecule has 0 bridgehead atoms. The molecule has 1 atom stereocenters. The Bertz CT molecular complexity index is 767. The fraction of sp³-hybridized carbons (Fsp3) is 0.526. The largest absolute Gasteiger partial charge is 0.493 e. The van der Waals surface area contributed by atoms with Crippen molar-refractivity contribution in [2.45, 2.75) is 50.5 Å². The van der Waals surface area contributed by atoms with Gasteiger partial charge in [0.1, 0.15) is 11.6 Å². The highest BCUT2D eigenvalue weighted by Gasteiger charge is 2.26. The smallest absolute Gasteiger partial charge is 0.220 e. The molecule has 1 saturated carbocycles. The second-order valence-electron chi connectivity index (χ2n) is 7.01. The Kier molecular flexibility index (Phi) is 4.42. The van der Waals surface area contributed by atoms with Gasteiger partial charge in [-0.15, -0.1) is 10.2 Å². The molecule has 1 N–H and O–H groups in total. The van der Waals surface area contributed by atoms with E-state index in [-0.39, 0.29) is 11.8 Å². The lowest BCUT2D eigenvalue weighted by Gasteiger charge is -2.25. The average Bonchev–Trinajstić information content (AvgIpc) is 2.93. The second kappa shape index (κ2) is 6.86. The summed E-state index contributed by atoms with van der Waals surface area (Å²) in [6.45, 7) is 1.10. The number of para-hydroxylation sites is 1. The molecule has 0 unspecified atom stereocenters. The Balaban J connectivity index is 1.35. The van der Waals surface area contributed by atoms with Crippen LogP contribution in [-0.2, 0) is 18.4 Å². The van der Waals surface area contributed by atoms with Crippen molar-refractivity contribution in [1.29, 1.82) is 0 Å². The molecule has 0 spiro atoms. The number of hydrogen-bond donors (Lipinski definition) is 1. The summed E-state index contributed by atoms with van der Waals surface area (Å²) in [5.74, 6) is 3.59. The molecular formula is C19H24N4O2. The summed E-state index contributed by atoms with van der Waals surface area (Å²) < 4.78 is 7.70. The van der Waals surface area contributed by atoms with Crippen molar-refractivity contribution in [3.05, 3.63) is 41.5 Å². The van der Waals surface area contributed by atoms with E-state index in [1.54, 1.807) is 0 Å². The van der Waals surface area contributed by atoms with Crippen molar-refractivity contribution >= 4 is 5.91 Å². The first-order valence-electron chi connectivity index (χ1n) is 9.09. The van der Waals surface area contributed by atoms with Crippen LogP contribution in [0.2, 0.25) is 0 Å². The fourth-order valence-corrected chi connectivity index (χ4v) is 3.65. The zero-order chi connectivity index (χ0) is 17.2. The summed E-state index contributed by atoms with van der Waals surface area (Å²) >= 11 is 0. The van der Waals surface area contributed by atoms with Gasteiger partial charge in [-0.05, 0) is 36.8 Å². The van der Waals surface area contributed by atoms with Crippen LogP contribution in [0, 0.1) is 0 Å². The topological polar surface area (TPSA) is 69.0 Å². The third kappa shape index (κ3) is 3.25. The summed E-state index contributed by atoms with van der Waals surface area (Å²) in [4.78, 5) is 12.4. The number of amides is 1. The summed E-state index contributed by atoms with van der Waals surface area (Å²) in [5, 5.41) is 11.6. The number of benzene rings is 1. The molecule has 1 aromatic carbocycles. The highest BCUT2D eigenvalue weighted by atomic mass is 16.5. The van der Waals surface area contributed by atoms with Crippen molar-refractivity contribution in [1.82, 2.24) is 20.1 Å². The molecule has 132 valence electrons. The monoisotopic (exact) mass is 340 g/mol. The molecule has 2 aromatic rings. The maximum atomic E-state index is 12.4. The van der Waals surface area contributed by atoms with Crippen molar-refractivity contribution in [2.24, 2.45) is 7.05 Å². The maximum Gasteiger partial charge on any atom is 0.220 e. The Morgan fingerprint density at radius 1 is 1.28 bits per heavy atom. The number of carbonyl (C=O) groups is 1. The molecule has 2 heterocycles. The maximum absolute atomic E-state index is 12.4. The first-order valence-corrected chi connectivity index (χ1v) is 9.09. The lowest BCUT2D eigenvalue weighted by molar-refractivity contribution is -0.121. The predicted octanol–water partition coefficient (Wildman–Crippen LogP) is 2.66. The third-order valence-corrected chi connectivity index (χ3v) is 5.43. The molecule has 25 heavy (non-hydrogen) atoms.